The number of piperidine rings is 1. The lowest BCUT2D eigenvalue weighted by molar-refractivity contribution is -0.116. The average molecular weight is 386 g/mol. The van der Waals surface area contributed by atoms with Crippen LogP contribution in [0.25, 0.3) is 10.9 Å². The fraction of sp³-hybridized carbons (Fsp3) is 0.261. The Morgan fingerprint density at radius 3 is 2.38 bits per heavy atom. The molecule has 1 aromatic heterocycles. The molecule has 0 unspecified atom stereocenters. The summed E-state index contributed by atoms with van der Waals surface area (Å²) in [5, 5.41) is 1.15. The second kappa shape index (κ2) is 7.20. The second-order valence-electron chi connectivity index (χ2n) is 7.54. The van der Waals surface area contributed by atoms with E-state index in [-0.39, 0.29) is 24.5 Å². The number of imide groups is 1. The van der Waals surface area contributed by atoms with Gasteiger partial charge in [0, 0.05) is 36.4 Å². The summed E-state index contributed by atoms with van der Waals surface area (Å²) in [6.45, 7) is 1.86. The largest absolute Gasteiger partial charge is 0.371 e. The molecule has 0 atom stereocenters. The summed E-state index contributed by atoms with van der Waals surface area (Å²) in [5.74, 6) is -0.149. The summed E-state index contributed by atoms with van der Waals surface area (Å²) in [6.07, 6.45) is 3.54. The molecule has 3 amide bonds. The van der Waals surface area contributed by atoms with Crippen LogP contribution in [0.1, 0.15) is 12.8 Å². The highest BCUT2D eigenvalue weighted by molar-refractivity contribution is 6.19. The number of fused-ring (bicyclic) bond motifs is 1. The van der Waals surface area contributed by atoms with Crippen LogP contribution in [0.3, 0.4) is 0 Å². The highest BCUT2D eigenvalue weighted by Crippen LogP contribution is 2.30. The Bertz CT molecular complexity index is 1060. The third-order valence-electron chi connectivity index (χ3n) is 5.88. The zero-order valence-corrected chi connectivity index (χ0v) is 16.1. The zero-order chi connectivity index (χ0) is 19.8. The van der Waals surface area contributed by atoms with Gasteiger partial charge in [0.15, 0.2) is 0 Å². The van der Waals surface area contributed by atoms with Gasteiger partial charge in [0.25, 0.3) is 5.91 Å². The fourth-order valence-electron chi connectivity index (χ4n) is 4.41. The van der Waals surface area contributed by atoms with Crippen LogP contribution in [-0.4, -0.2) is 47.5 Å². The molecule has 146 valence electrons. The molecule has 0 spiro atoms. The maximum Gasteiger partial charge on any atom is 0.332 e. The van der Waals surface area contributed by atoms with Crippen molar-refractivity contribution in [3.63, 3.8) is 0 Å². The van der Waals surface area contributed by atoms with Crippen LogP contribution >= 0.6 is 0 Å². The van der Waals surface area contributed by atoms with Crippen molar-refractivity contribution >= 4 is 34.2 Å². The Hall–Kier alpha value is -3.41. The average Bonchev–Trinajstić information content (AvgIpc) is 3.08. The molecule has 29 heavy (non-hydrogen) atoms. The summed E-state index contributed by atoms with van der Waals surface area (Å²) in [7, 11) is 0. The first-order valence-electron chi connectivity index (χ1n) is 10.00. The van der Waals surface area contributed by atoms with Gasteiger partial charge in [-0.3, -0.25) is 9.78 Å². The van der Waals surface area contributed by atoms with Crippen molar-refractivity contribution in [2.24, 2.45) is 0 Å². The smallest absolute Gasteiger partial charge is 0.332 e. The van der Waals surface area contributed by atoms with E-state index in [4.69, 9.17) is 0 Å². The number of urea groups is 1. The number of para-hydroxylation sites is 2. The van der Waals surface area contributed by atoms with Gasteiger partial charge in [-0.2, -0.15) is 0 Å². The summed E-state index contributed by atoms with van der Waals surface area (Å²) < 4.78 is 0. The third-order valence-corrected chi connectivity index (χ3v) is 5.88. The van der Waals surface area contributed by atoms with Gasteiger partial charge >= 0.3 is 6.03 Å². The molecular weight excluding hydrogens is 364 g/mol. The first kappa shape index (κ1) is 17.7. The molecule has 2 fully saturated rings. The van der Waals surface area contributed by atoms with Crippen LogP contribution in [0.2, 0.25) is 0 Å². The molecule has 0 saturated carbocycles. The fourth-order valence-corrected chi connectivity index (χ4v) is 4.41. The van der Waals surface area contributed by atoms with Gasteiger partial charge < -0.3 is 9.80 Å². The molecule has 2 saturated heterocycles. The van der Waals surface area contributed by atoms with Gasteiger partial charge in [-0.25, -0.2) is 9.69 Å². The minimum absolute atomic E-state index is 0.0875. The minimum Gasteiger partial charge on any atom is -0.371 e. The molecule has 0 aliphatic carbocycles. The van der Waals surface area contributed by atoms with E-state index in [0.29, 0.717) is 5.69 Å². The highest BCUT2D eigenvalue weighted by atomic mass is 16.2. The van der Waals surface area contributed by atoms with E-state index in [1.54, 1.807) is 17.0 Å². The maximum atomic E-state index is 13.0. The Morgan fingerprint density at radius 2 is 1.59 bits per heavy atom. The van der Waals surface area contributed by atoms with Crippen LogP contribution in [0.15, 0.2) is 66.9 Å². The van der Waals surface area contributed by atoms with Crippen molar-refractivity contribution in [3.05, 3.63) is 66.9 Å². The lowest BCUT2D eigenvalue weighted by atomic mass is 10.0. The standard InChI is InChI=1S/C23H22N4O2/c28-22-16-26(23(29)27(22)18-6-2-1-3-7-18)17-11-14-25(15-12-17)21-10-13-24-20-9-5-4-8-19(20)21/h1-10,13,17H,11-12,14-16H2. The third kappa shape index (κ3) is 3.10. The first-order chi connectivity index (χ1) is 14.2. The molecule has 6 heteroatoms. The van der Waals surface area contributed by atoms with Gasteiger partial charge in [0.2, 0.25) is 0 Å². The number of carbonyl (C=O) groups excluding carboxylic acids is 2. The number of amides is 3. The van der Waals surface area contributed by atoms with Gasteiger partial charge in [-0.1, -0.05) is 36.4 Å². The lowest BCUT2D eigenvalue weighted by Gasteiger charge is -2.37. The minimum atomic E-state index is -0.200. The van der Waals surface area contributed by atoms with Crippen molar-refractivity contribution in [1.82, 2.24) is 9.88 Å². The van der Waals surface area contributed by atoms with E-state index in [0.717, 1.165) is 36.8 Å². The molecule has 0 radical (unpaired) electrons. The number of aromatic nitrogens is 1. The van der Waals surface area contributed by atoms with E-state index in [1.807, 2.05) is 42.6 Å². The van der Waals surface area contributed by atoms with Gasteiger partial charge in [-0.15, -0.1) is 0 Å². The molecule has 3 heterocycles. The number of carbonyl (C=O) groups is 2. The Balaban J connectivity index is 1.31. The van der Waals surface area contributed by atoms with Crippen molar-refractivity contribution in [2.45, 2.75) is 18.9 Å². The molecular formula is C23H22N4O2. The molecule has 2 aromatic carbocycles. The van der Waals surface area contributed by atoms with Crippen molar-refractivity contribution in [1.29, 1.82) is 0 Å². The Morgan fingerprint density at radius 1 is 0.862 bits per heavy atom. The van der Waals surface area contributed by atoms with Crippen LogP contribution in [-0.2, 0) is 4.79 Å². The van der Waals surface area contributed by atoms with Gasteiger partial charge in [0.1, 0.15) is 6.54 Å². The molecule has 0 bridgehead atoms. The number of rotatable bonds is 3. The summed E-state index contributed by atoms with van der Waals surface area (Å²) in [4.78, 5) is 35.3. The molecule has 6 nitrogen and oxygen atoms in total. The van der Waals surface area contributed by atoms with Crippen molar-refractivity contribution < 1.29 is 9.59 Å². The molecule has 2 aliphatic rings. The summed E-state index contributed by atoms with van der Waals surface area (Å²) in [5.41, 5.74) is 2.82. The van der Waals surface area contributed by atoms with E-state index < -0.39 is 0 Å². The summed E-state index contributed by atoms with van der Waals surface area (Å²) >= 11 is 0. The van der Waals surface area contributed by atoms with E-state index in [2.05, 4.69) is 22.0 Å². The second-order valence-corrected chi connectivity index (χ2v) is 7.54. The molecule has 0 N–H and O–H groups in total. The van der Waals surface area contributed by atoms with Crippen LogP contribution in [0.4, 0.5) is 16.2 Å². The van der Waals surface area contributed by atoms with Crippen LogP contribution in [0, 0.1) is 0 Å². The molecule has 5 rings (SSSR count). The Labute approximate surface area is 169 Å². The number of hydrogen-bond donors (Lipinski definition) is 0. The number of benzene rings is 2. The molecule has 3 aromatic rings. The van der Waals surface area contributed by atoms with E-state index >= 15 is 0 Å². The predicted molar refractivity (Wildman–Crippen MR) is 113 cm³/mol. The van der Waals surface area contributed by atoms with E-state index in [1.165, 1.54) is 10.6 Å². The van der Waals surface area contributed by atoms with Crippen LogP contribution < -0.4 is 9.80 Å². The van der Waals surface area contributed by atoms with Crippen molar-refractivity contribution in [3.8, 4) is 0 Å². The van der Waals surface area contributed by atoms with Gasteiger partial charge in [0.05, 0.1) is 11.2 Å². The SMILES string of the molecule is O=C1CN(C2CCN(c3ccnc4ccccc34)CC2)C(=O)N1c1ccccc1. The number of hydrogen-bond acceptors (Lipinski definition) is 4. The normalized spacial score (nSPS) is 18.1. The van der Waals surface area contributed by atoms with Crippen LogP contribution in [0.5, 0.6) is 0 Å². The highest BCUT2D eigenvalue weighted by Gasteiger charge is 2.41. The zero-order valence-electron chi connectivity index (χ0n) is 16.1. The summed E-state index contributed by atoms with van der Waals surface area (Å²) in [6, 6.07) is 19.3. The van der Waals surface area contributed by atoms with Gasteiger partial charge in [-0.05, 0) is 37.1 Å². The number of anilines is 2. The van der Waals surface area contributed by atoms with Crippen molar-refractivity contribution in [2.75, 3.05) is 29.4 Å². The first-order valence-corrected chi connectivity index (χ1v) is 10.00. The monoisotopic (exact) mass is 386 g/mol. The maximum absolute atomic E-state index is 13.0. The predicted octanol–water partition coefficient (Wildman–Crippen LogP) is 3.67. The van der Waals surface area contributed by atoms with E-state index in [9.17, 15) is 9.59 Å². The number of pyridine rings is 1. The Kier molecular flexibility index (Phi) is 4.39. The number of nitrogens with zero attached hydrogens (tertiary/aromatic N) is 4. The topological polar surface area (TPSA) is 56.8 Å². The molecule has 2 aliphatic heterocycles. The quantitative estimate of drug-likeness (QED) is 0.645. The lowest BCUT2D eigenvalue weighted by Crippen LogP contribution is -2.46.